The van der Waals surface area contributed by atoms with E-state index in [1.807, 2.05) is 19.2 Å². The van der Waals surface area contributed by atoms with E-state index >= 15 is 0 Å². The molecule has 0 amide bonds. The molecule has 1 rings (SSSR count). The second-order valence-electron chi connectivity index (χ2n) is 3.74. The number of quaternary nitrogens is 1. The molecule has 1 saturated heterocycles. The van der Waals surface area contributed by atoms with Crippen LogP contribution in [0.5, 0.6) is 0 Å². The van der Waals surface area contributed by atoms with Gasteiger partial charge in [0.1, 0.15) is 17.9 Å². The molecule has 1 aliphatic rings. The van der Waals surface area contributed by atoms with Gasteiger partial charge in [-0.05, 0) is 13.8 Å². The van der Waals surface area contributed by atoms with Crippen molar-refractivity contribution >= 4 is 9.84 Å². The lowest BCUT2D eigenvalue weighted by molar-refractivity contribution is -0.716. The van der Waals surface area contributed by atoms with Crippen LogP contribution in [-0.4, -0.2) is 43.2 Å². The van der Waals surface area contributed by atoms with Gasteiger partial charge in [-0.3, -0.25) is 0 Å². The number of hydrogen-bond donors (Lipinski definition) is 2. The van der Waals surface area contributed by atoms with Crippen LogP contribution < -0.4 is 5.32 Å². The van der Waals surface area contributed by atoms with Crippen LogP contribution in [0.25, 0.3) is 0 Å². The van der Waals surface area contributed by atoms with Gasteiger partial charge in [0.15, 0.2) is 9.84 Å². The topological polar surface area (TPSA) is 71.0 Å². The third kappa shape index (κ3) is 2.43. The van der Waals surface area contributed by atoms with E-state index in [4.69, 9.17) is 0 Å². The van der Waals surface area contributed by atoms with Crippen molar-refractivity contribution in [3.8, 4) is 0 Å². The van der Waals surface area contributed by atoms with Crippen molar-refractivity contribution < 1.29 is 18.8 Å². The van der Waals surface area contributed by atoms with Gasteiger partial charge in [-0.25, -0.2) is 8.42 Å². The van der Waals surface area contributed by atoms with E-state index in [2.05, 4.69) is 0 Å². The fourth-order valence-electron chi connectivity index (χ4n) is 1.53. The molecule has 0 bridgehead atoms. The Morgan fingerprint density at radius 2 is 2.00 bits per heavy atom. The zero-order chi connectivity index (χ0) is 9.35. The van der Waals surface area contributed by atoms with Gasteiger partial charge in [0, 0.05) is 0 Å². The van der Waals surface area contributed by atoms with Crippen molar-refractivity contribution in [3.63, 3.8) is 0 Å². The molecule has 0 unspecified atom stereocenters. The van der Waals surface area contributed by atoms with Crippen LogP contribution in [0.4, 0.5) is 0 Å². The first kappa shape index (κ1) is 9.95. The van der Waals surface area contributed by atoms with Gasteiger partial charge in [-0.15, -0.1) is 0 Å². The van der Waals surface area contributed by atoms with Crippen molar-refractivity contribution in [3.05, 3.63) is 0 Å². The van der Waals surface area contributed by atoms with E-state index in [1.54, 1.807) is 0 Å². The molecule has 0 saturated carbocycles. The van der Waals surface area contributed by atoms with Crippen LogP contribution in [0.3, 0.4) is 0 Å². The van der Waals surface area contributed by atoms with Gasteiger partial charge >= 0.3 is 0 Å². The highest BCUT2D eigenvalue weighted by Crippen LogP contribution is 2.09. The molecule has 1 heterocycles. The Bertz CT molecular complexity index is 247. The quantitative estimate of drug-likeness (QED) is 0.540. The van der Waals surface area contributed by atoms with Gasteiger partial charge < -0.3 is 10.4 Å². The fourth-order valence-corrected chi connectivity index (χ4v) is 3.36. The standard InChI is InChI=1S/C7H15NO3S/c1-5(2)8-6-3-12(10,11)4-7(6)9/h5-9H,3-4H2,1-2H3/p+1/t6-,7+/m0/s1. The van der Waals surface area contributed by atoms with E-state index < -0.39 is 15.9 Å². The number of rotatable bonds is 2. The van der Waals surface area contributed by atoms with E-state index in [9.17, 15) is 13.5 Å². The zero-order valence-electron chi connectivity index (χ0n) is 7.40. The van der Waals surface area contributed by atoms with Gasteiger partial charge in [0.25, 0.3) is 0 Å². The molecule has 0 aromatic carbocycles. The van der Waals surface area contributed by atoms with Crippen LogP contribution in [0.2, 0.25) is 0 Å². The number of hydrogen-bond acceptors (Lipinski definition) is 3. The first-order valence-corrected chi connectivity index (χ1v) is 5.96. The molecule has 0 aromatic heterocycles. The predicted molar refractivity (Wildman–Crippen MR) is 45.5 cm³/mol. The van der Waals surface area contributed by atoms with Gasteiger partial charge in [-0.1, -0.05) is 0 Å². The molecule has 1 aliphatic heterocycles. The smallest absolute Gasteiger partial charge is 0.159 e. The summed E-state index contributed by atoms with van der Waals surface area (Å²) < 4.78 is 22.1. The Hall–Kier alpha value is -0.130. The maximum atomic E-state index is 11.1. The Morgan fingerprint density at radius 3 is 2.33 bits per heavy atom. The SMILES string of the molecule is CC(C)[NH2+][C@H]1CS(=O)(=O)C[C@H]1O. The molecule has 5 heteroatoms. The summed E-state index contributed by atoms with van der Waals surface area (Å²) in [6.45, 7) is 3.97. The average molecular weight is 194 g/mol. The van der Waals surface area contributed by atoms with Crippen LogP contribution in [-0.2, 0) is 9.84 Å². The van der Waals surface area contributed by atoms with E-state index in [0.29, 0.717) is 6.04 Å². The monoisotopic (exact) mass is 194 g/mol. The highest BCUT2D eigenvalue weighted by atomic mass is 32.2. The van der Waals surface area contributed by atoms with E-state index in [-0.39, 0.29) is 17.5 Å². The van der Waals surface area contributed by atoms with Crippen LogP contribution in [0.15, 0.2) is 0 Å². The highest BCUT2D eigenvalue weighted by molar-refractivity contribution is 7.91. The lowest BCUT2D eigenvalue weighted by atomic mass is 10.2. The molecule has 2 atom stereocenters. The normalized spacial score (nSPS) is 34.3. The number of aliphatic hydroxyl groups excluding tert-OH is 1. The van der Waals surface area contributed by atoms with Gasteiger partial charge in [0.05, 0.1) is 11.8 Å². The molecule has 0 aromatic rings. The molecular formula is C7H16NO3S+. The summed E-state index contributed by atoms with van der Waals surface area (Å²) in [5, 5.41) is 11.3. The average Bonchev–Trinajstić information content (AvgIpc) is 2.03. The summed E-state index contributed by atoms with van der Waals surface area (Å²) in [6, 6.07) is 0.174. The van der Waals surface area contributed by atoms with Crippen molar-refractivity contribution in [2.45, 2.75) is 32.0 Å². The molecule has 1 fully saturated rings. The molecular weight excluding hydrogens is 178 g/mol. The molecule has 0 spiro atoms. The maximum absolute atomic E-state index is 11.1. The number of sulfone groups is 1. The summed E-state index contributed by atoms with van der Waals surface area (Å²) in [5.74, 6) is 0.0488. The number of nitrogens with two attached hydrogens (primary N) is 1. The Kier molecular flexibility index (Phi) is 2.75. The Balaban J connectivity index is 2.58. The van der Waals surface area contributed by atoms with E-state index in [1.165, 1.54) is 0 Å². The predicted octanol–water partition coefficient (Wildman–Crippen LogP) is -1.88. The zero-order valence-corrected chi connectivity index (χ0v) is 8.21. The third-order valence-corrected chi connectivity index (χ3v) is 3.74. The third-order valence-electron chi connectivity index (χ3n) is 2.00. The summed E-state index contributed by atoms with van der Waals surface area (Å²) in [6.07, 6.45) is -0.683. The summed E-state index contributed by atoms with van der Waals surface area (Å²) in [7, 11) is -2.97. The van der Waals surface area contributed by atoms with Crippen LogP contribution in [0, 0.1) is 0 Å². The summed E-state index contributed by atoms with van der Waals surface area (Å²) in [5.41, 5.74) is 0. The molecule has 4 nitrogen and oxygen atoms in total. The minimum atomic E-state index is -2.97. The minimum absolute atomic E-state index is 0.0686. The first-order chi connectivity index (χ1) is 5.41. The molecule has 72 valence electrons. The van der Waals surface area contributed by atoms with Gasteiger partial charge in [0.2, 0.25) is 0 Å². The van der Waals surface area contributed by atoms with Crippen molar-refractivity contribution in [1.82, 2.24) is 0 Å². The first-order valence-electron chi connectivity index (χ1n) is 4.14. The fraction of sp³-hybridized carbons (Fsp3) is 1.00. The Labute approximate surface area is 72.9 Å². The lowest BCUT2D eigenvalue weighted by Gasteiger charge is -2.13. The summed E-state index contributed by atoms with van der Waals surface area (Å²) in [4.78, 5) is 0. The highest BCUT2D eigenvalue weighted by Gasteiger charge is 2.39. The van der Waals surface area contributed by atoms with Crippen molar-refractivity contribution in [2.24, 2.45) is 0 Å². The second kappa shape index (κ2) is 3.32. The van der Waals surface area contributed by atoms with Crippen molar-refractivity contribution in [1.29, 1.82) is 0 Å². The molecule has 0 radical (unpaired) electrons. The molecule has 3 N–H and O–H groups in total. The lowest BCUT2D eigenvalue weighted by Crippen LogP contribution is -2.96. The molecule has 12 heavy (non-hydrogen) atoms. The largest absolute Gasteiger partial charge is 0.386 e. The minimum Gasteiger partial charge on any atom is -0.386 e. The van der Waals surface area contributed by atoms with Gasteiger partial charge in [-0.2, -0.15) is 0 Å². The maximum Gasteiger partial charge on any atom is 0.159 e. The molecule has 0 aliphatic carbocycles. The summed E-state index contributed by atoms with van der Waals surface area (Å²) >= 11 is 0. The van der Waals surface area contributed by atoms with E-state index in [0.717, 1.165) is 0 Å². The number of aliphatic hydroxyl groups is 1. The van der Waals surface area contributed by atoms with Crippen LogP contribution in [0.1, 0.15) is 13.8 Å². The van der Waals surface area contributed by atoms with Crippen molar-refractivity contribution in [2.75, 3.05) is 11.5 Å². The van der Waals surface area contributed by atoms with Crippen LogP contribution >= 0.6 is 0 Å². The second-order valence-corrected chi connectivity index (χ2v) is 5.90. The Morgan fingerprint density at radius 1 is 1.42 bits per heavy atom.